The molecule has 0 unspecified atom stereocenters. The molecule has 0 aliphatic carbocycles. The van der Waals surface area contributed by atoms with Gasteiger partial charge in [-0.3, -0.25) is 0 Å². The van der Waals surface area contributed by atoms with E-state index < -0.39 is 0 Å². The van der Waals surface area contributed by atoms with Gasteiger partial charge in [-0.2, -0.15) is 12.6 Å². The monoisotopic (exact) mass is 263 g/mol. The first-order valence-corrected chi connectivity index (χ1v) is 7.18. The molecule has 0 amide bonds. The number of thiol groups is 1. The van der Waals surface area contributed by atoms with Crippen molar-refractivity contribution in [3.8, 4) is 10.6 Å². The summed E-state index contributed by atoms with van der Waals surface area (Å²) in [6.07, 6.45) is 0. The van der Waals surface area contributed by atoms with E-state index in [0.29, 0.717) is 5.75 Å². The molecular weight excluding hydrogens is 246 g/mol. The van der Waals surface area contributed by atoms with E-state index in [2.05, 4.69) is 68.0 Å². The van der Waals surface area contributed by atoms with Gasteiger partial charge in [0.2, 0.25) is 0 Å². The van der Waals surface area contributed by atoms with E-state index in [-0.39, 0.29) is 5.41 Å². The maximum Gasteiger partial charge on any atom is 0.123 e. The van der Waals surface area contributed by atoms with Crippen molar-refractivity contribution >= 4 is 24.0 Å². The number of rotatable bonds is 2. The van der Waals surface area contributed by atoms with E-state index in [1.807, 2.05) is 0 Å². The van der Waals surface area contributed by atoms with Crippen molar-refractivity contribution in [1.82, 2.24) is 4.98 Å². The molecule has 2 aromatic rings. The van der Waals surface area contributed by atoms with Gasteiger partial charge >= 0.3 is 0 Å². The van der Waals surface area contributed by atoms with Crippen molar-refractivity contribution in [2.24, 2.45) is 0 Å². The predicted octanol–water partition coefficient (Wildman–Crippen LogP) is 4.54. The van der Waals surface area contributed by atoms with E-state index in [1.54, 1.807) is 11.3 Å². The van der Waals surface area contributed by atoms with Crippen molar-refractivity contribution in [1.29, 1.82) is 0 Å². The minimum absolute atomic E-state index is 0.206. The zero-order chi connectivity index (χ0) is 12.5. The summed E-state index contributed by atoms with van der Waals surface area (Å²) in [5.41, 5.74) is 3.80. The molecule has 1 heterocycles. The van der Waals surface area contributed by atoms with Crippen LogP contribution in [0.4, 0.5) is 0 Å². The molecule has 0 saturated heterocycles. The number of hydrogen-bond acceptors (Lipinski definition) is 3. The summed E-state index contributed by atoms with van der Waals surface area (Å²) >= 11 is 5.91. The standard InChI is InChI=1S/C14H17NS2/c1-14(2,3)11-6-4-10(5-7-11)13-15-12(8-16)9-17-13/h4-7,9,16H,8H2,1-3H3. The summed E-state index contributed by atoms with van der Waals surface area (Å²) in [5.74, 6) is 0.705. The van der Waals surface area contributed by atoms with Crippen molar-refractivity contribution in [2.75, 3.05) is 0 Å². The highest BCUT2D eigenvalue weighted by Crippen LogP contribution is 2.28. The zero-order valence-electron chi connectivity index (χ0n) is 10.4. The van der Waals surface area contributed by atoms with Crippen molar-refractivity contribution in [2.45, 2.75) is 31.9 Å². The van der Waals surface area contributed by atoms with Gasteiger partial charge in [0.1, 0.15) is 5.01 Å². The Kier molecular flexibility index (Phi) is 3.59. The molecule has 3 heteroatoms. The Bertz CT molecular complexity index is 492. The van der Waals surface area contributed by atoms with Crippen molar-refractivity contribution in [3.05, 3.63) is 40.9 Å². The molecule has 0 fully saturated rings. The minimum Gasteiger partial charge on any atom is -0.240 e. The molecule has 1 aromatic heterocycles. The van der Waals surface area contributed by atoms with E-state index in [4.69, 9.17) is 0 Å². The smallest absolute Gasteiger partial charge is 0.123 e. The first kappa shape index (κ1) is 12.7. The molecule has 1 nitrogen and oxygen atoms in total. The number of thiazole rings is 1. The Morgan fingerprint density at radius 2 is 1.82 bits per heavy atom. The fourth-order valence-electron chi connectivity index (χ4n) is 1.62. The van der Waals surface area contributed by atoms with Crippen LogP contribution in [0.1, 0.15) is 32.0 Å². The molecule has 0 radical (unpaired) electrons. The molecule has 0 aliphatic heterocycles. The van der Waals surface area contributed by atoms with Crippen LogP contribution in [0.3, 0.4) is 0 Å². The third-order valence-electron chi connectivity index (χ3n) is 2.71. The number of nitrogens with zero attached hydrogens (tertiary/aromatic N) is 1. The third-order valence-corrected chi connectivity index (χ3v) is 3.98. The van der Waals surface area contributed by atoms with Gasteiger partial charge in [-0.15, -0.1) is 11.3 Å². The Morgan fingerprint density at radius 3 is 2.29 bits per heavy atom. The van der Waals surface area contributed by atoms with Gasteiger partial charge in [-0.05, 0) is 11.0 Å². The topological polar surface area (TPSA) is 12.9 Å². The van der Waals surface area contributed by atoms with Crippen LogP contribution in [0.15, 0.2) is 29.6 Å². The molecule has 1 aromatic carbocycles. The molecule has 0 atom stereocenters. The number of aromatic nitrogens is 1. The second-order valence-electron chi connectivity index (χ2n) is 5.13. The summed E-state index contributed by atoms with van der Waals surface area (Å²) in [7, 11) is 0. The maximum atomic E-state index is 4.53. The molecule has 0 N–H and O–H groups in total. The lowest BCUT2D eigenvalue weighted by atomic mass is 9.87. The average Bonchev–Trinajstić information content (AvgIpc) is 2.76. The molecule has 90 valence electrons. The lowest BCUT2D eigenvalue weighted by Gasteiger charge is -2.18. The van der Waals surface area contributed by atoms with E-state index in [9.17, 15) is 0 Å². The zero-order valence-corrected chi connectivity index (χ0v) is 12.1. The first-order valence-electron chi connectivity index (χ1n) is 5.67. The maximum absolute atomic E-state index is 4.53. The summed E-state index contributed by atoms with van der Waals surface area (Å²) in [6.45, 7) is 6.68. The number of hydrogen-bond donors (Lipinski definition) is 1. The lowest BCUT2D eigenvalue weighted by Crippen LogP contribution is -2.10. The molecule has 0 aliphatic rings. The van der Waals surface area contributed by atoms with Gasteiger partial charge in [0.15, 0.2) is 0 Å². The largest absolute Gasteiger partial charge is 0.240 e. The van der Waals surface area contributed by atoms with Crippen molar-refractivity contribution in [3.63, 3.8) is 0 Å². The predicted molar refractivity (Wildman–Crippen MR) is 78.9 cm³/mol. The second-order valence-corrected chi connectivity index (χ2v) is 6.30. The Hall–Kier alpha value is -0.800. The van der Waals surface area contributed by atoms with Crippen LogP contribution in [-0.2, 0) is 11.2 Å². The van der Waals surface area contributed by atoms with Crippen LogP contribution < -0.4 is 0 Å². The van der Waals surface area contributed by atoms with Gasteiger partial charge in [-0.1, -0.05) is 45.0 Å². The van der Waals surface area contributed by atoms with Crippen molar-refractivity contribution < 1.29 is 0 Å². The van der Waals surface area contributed by atoms with Gasteiger partial charge in [0.25, 0.3) is 0 Å². The average molecular weight is 263 g/mol. The fraction of sp³-hybridized carbons (Fsp3) is 0.357. The fourth-order valence-corrected chi connectivity index (χ4v) is 2.74. The van der Waals surface area contributed by atoms with Gasteiger partial charge in [0.05, 0.1) is 5.69 Å². The number of benzene rings is 1. The molecule has 0 saturated carbocycles. The highest BCUT2D eigenvalue weighted by Gasteiger charge is 2.13. The molecule has 2 rings (SSSR count). The van der Waals surface area contributed by atoms with Gasteiger partial charge < -0.3 is 0 Å². The summed E-state index contributed by atoms with van der Waals surface area (Å²) in [6, 6.07) is 8.69. The Balaban J connectivity index is 2.29. The third kappa shape index (κ3) is 2.90. The van der Waals surface area contributed by atoms with E-state index in [1.165, 1.54) is 11.1 Å². The quantitative estimate of drug-likeness (QED) is 0.785. The molecular formula is C14H17NS2. The van der Waals surface area contributed by atoms with Crippen LogP contribution in [0.5, 0.6) is 0 Å². The van der Waals surface area contributed by atoms with Crippen LogP contribution in [0, 0.1) is 0 Å². The molecule has 0 bridgehead atoms. The Morgan fingerprint density at radius 1 is 1.18 bits per heavy atom. The SMILES string of the molecule is CC(C)(C)c1ccc(-c2nc(CS)cs2)cc1. The summed E-state index contributed by atoms with van der Waals surface area (Å²) in [4.78, 5) is 4.53. The van der Waals surface area contributed by atoms with E-state index in [0.717, 1.165) is 10.7 Å². The normalized spacial score (nSPS) is 11.8. The van der Waals surface area contributed by atoms with Crippen LogP contribution >= 0.6 is 24.0 Å². The highest BCUT2D eigenvalue weighted by atomic mass is 32.1. The van der Waals surface area contributed by atoms with Gasteiger partial charge in [-0.25, -0.2) is 4.98 Å². The van der Waals surface area contributed by atoms with Crippen LogP contribution in [-0.4, -0.2) is 4.98 Å². The van der Waals surface area contributed by atoms with Crippen LogP contribution in [0.25, 0.3) is 10.6 Å². The molecule has 17 heavy (non-hydrogen) atoms. The minimum atomic E-state index is 0.206. The summed E-state index contributed by atoms with van der Waals surface area (Å²) in [5, 5.41) is 3.15. The summed E-state index contributed by atoms with van der Waals surface area (Å²) < 4.78 is 0. The van der Waals surface area contributed by atoms with E-state index >= 15 is 0 Å². The highest BCUT2D eigenvalue weighted by molar-refractivity contribution is 7.79. The first-order chi connectivity index (χ1) is 8.00. The molecule has 0 spiro atoms. The second kappa shape index (κ2) is 4.83. The lowest BCUT2D eigenvalue weighted by molar-refractivity contribution is 0.590. The Labute approximate surface area is 112 Å². The van der Waals surface area contributed by atoms with Gasteiger partial charge in [0, 0.05) is 16.7 Å². The van der Waals surface area contributed by atoms with Crippen LogP contribution in [0.2, 0.25) is 0 Å².